The number of benzene rings is 1. The summed E-state index contributed by atoms with van der Waals surface area (Å²) in [4.78, 5) is 2.50. The Kier molecular flexibility index (Phi) is 4.28. The van der Waals surface area contributed by atoms with E-state index in [9.17, 15) is 0 Å². The van der Waals surface area contributed by atoms with E-state index in [0.29, 0.717) is 12.0 Å². The van der Waals surface area contributed by atoms with E-state index in [4.69, 9.17) is 5.73 Å². The predicted octanol–water partition coefficient (Wildman–Crippen LogP) is 3.55. The molecule has 1 aromatic carbocycles. The standard InChI is InChI=1S/C16H26N2/c1-3-8-16(9-4-2)12-18(13-16)15-7-5-6-14(10-15)11-17/h5-7,10H,3-4,8-9,11-13,17H2,1-2H3. The largest absolute Gasteiger partial charge is 0.370 e. The molecule has 0 atom stereocenters. The van der Waals surface area contributed by atoms with E-state index < -0.39 is 0 Å². The Morgan fingerprint density at radius 1 is 1.17 bits per heavy atom. The summed E-state index contributed by atoms with van der Waals surface area (Å²) in [6.07, 6.45) is 5.34. The monoisotopic (exact) mass is 246 g/mol. The van der Waals surface area contributed by atoms with Crippen molar-refractivity contribution in [3.63, 3.8) is 0 Å². The zero-order valence-corrected chi connectivity index (χ0v) is 11.8. The maximum atomic E-state index is 5.71. The van der Waals surface area contributed by atoms with Crippen molar-refractivity contribution >= 4 is 5.69 Å². The maximum absolute atomic E-state index is 5.71. The lowest BCUT2D eigenvalue weighted by Gasteiger charge is -2.52. The second-order valence-corrected chi connectivity index (χ2v) is 5.73. The molecule has 0 aliphatic carbocycles. The fraction of sp³-hybridized carbons (Fsp3) is 0.625. The smallest absolute Gasteiger partial charge is 0.0369 e. The fourth-order valence-electron chi connectivity index (χ4n) is 3.33. The number of hydrogen-bond acceptors (Lipinski definition) is 2. The molecule has 100 valence electrons. The molecule has 2 nitrogen and oxygen atoms in total. The van der Waals surface area contributed by atoms with Gasteiger partial charge in [-0.3, -0.25) is 0 Å². The van der Waals surface area contributed by atoms with Crippen molar-refractivity contribution in [1.29, 1.82) is 0 Å². The van der Waals surface area contributed by atoms with Gasteiger partial charge in [-0.1, -0.05) is 38.8 Å². The molecule has 1 aliphatic rings. The molecule has 0 bridgehead atoms. The van der Waals surface area contributed by atoms with Crippen molar-refractivity contribution in [2.45, 2.75) is 46.1 Å². The molecule has 18 heavy (non-hydrogen) atoms. The minimum Gasteiger partial charge on any atom is -0.370 e. The molecular formula is C16H26N2. The Labute approximate surface area is 111 Å². The van der Waals surface area contributed by atoms with Gasteiger partial charge in [0, 0.05) is 30.7 Å². The van der Waals surface area contributed by atoms with Gasteiger partial charge in [0.15, 0.2) is 0 Å². The van der Waals surface area contributed by atoms with Gasteiger partial charge in [-0.15, -0.1) is 0 Å². The van der Waals surface area contributed by atoms with Gasteiger partial charge in [-0.05, 0) is 30.5 Å². The van der Waals surface area contributed by atoms with Crippen LogP contribution >= 0.6 is 0 Å². The van der Waals surface area contributed by atoms with Gasteiger partial charge in [0.1, 0.15) is 0 Å². The zero-order valence-electron chi connectivity index (χ0n) is 11.8. The fourth-order valence-corrected chi connectivity index (χ4v) is 3.33. The van der Waals surface area contributed by atoms with Crippen LogP contribution in [0.15, 0.2) is 24.3 Å². The Morgan fingerprint density at radius 3 is 2.39 bits per heavy atom. The van der Waals surface area contributed by atoms with Crippen molar-refractivity contribution in [3.05, 3.63) is 29.8 Å². The molecule has 2 N–H and O–H groups in total. The molecule has 2 rings (SSSR count). The van der Waals surface area contributed by atoms with E-state index in [1.807, 2.05) is 0 Å². The molecule has 0 radical (unpaired) electrons. The van der Waals surface area contributed by atoms with E-state index in [0.717, 1.165) is 0 Å². The van der Waals surface area contributed by atoms with Gasteiger partial charge in [-0.25, -0.2) is 0 Å². The topological polar surface area (TPSA) is 29.3 Å². The third kappa shape index (κ3) is 2.69. The third-order valence-electron chi connectivity index (χ3n) is 4.12. The highest BCUT2D eigenvalue weighted by molar-refractivity contribution is 5.51. The van der Waals surface area contributed by atoms with Crippen molar-refractivity contribution in [3.8, 4) is 0 Å². The van der Waals surface area contributed by atoms with Crippen LogP contribution in [0.5, 0.6) is 0 Å². The molecule has 1 aliphatic heterocycles. The summed E-state index contributed by atoms with van der Waals surface area (Å²) < 4.78 is 0. The Hall–Kier alpha value is -1.02. The highest BCUT2D eigenvalue weighted by atomic mass is 15.2. The first-order chi connectivity index (χ1) is 8.73. The lowest BCUT2D eigenvalue weighted by atomic mass is 9.72. The summed E-state index contributed by atoms with van der Waals surface area (Å²) in [7, 11) is 0. The first-order valence-electron chi connectivity index (χ1n) is 7.27. The summed E-state index contributed by atoms with van der Waals surface area (Å²) >= 11 is 0. The highest BCUT2D eigenvalue weighted by Gasteiger charge is 2.41. The van der Waals surface area contributed by atoms with Crippen LogP contribution in [-0.4, -0.2) is 13.1 Å². The minimum atomic E-state index is 0.586. The van der Waals surface area contributed by atoms with Crippen LogP contribution in [0.2, 0.25) is 0 Å². The van der Waals surface area contributed by atoms with Crippen LogP contribution in [0.25, 0.3) is 0 Å². The van der Waals surface area contributed by atoms with Crippen molar-refractivity contribution in [2.24, 2.45) is 11.1 Å². The number of nitrogens with zero attached hydrogens (tertiary/aromatic N) is 1. The first kappa shape index (κ1) is 13.4. The van der Waals surface area contributed by atoms with Crippen LogP contribution in [0.4, 0.5) is 5.69 Å². The molecule has 1 fully saturated rings. The minimum absolute atomic E-state index is 0.586. The van der Waals surface area contributed by atoms with Crippen molar-refractivity contribution < 1.29 is 0 Å². The maximum Gasteiger partial charge on any atom is 0.0369 e. The molecule has 1 aromatic rings. The Bertz CT molecular complexity index is 372. The Balaban J connectivity index is 2.01. The summed E-state index contributed by atoms with van der Waals surface area (Å²) in [6.45, 7) is 7.69. The number of anilines is 1. The van der Waals surface area contributed by atoms with Crippen LogP contribution in [0, 0.1) is 5.41 Å². The predicted molar refractivity (Wildman–Crippen MR) is 78.8 cm³/mol. The van der Waals surface area contributed by atoms with Gasteiger partial charge < -0.3 is 10.6 Å². The van der Waals surface area contributed by atoms with Crippen LogP contribution in [0.1, 0.15) is 45.1 Å². The molecule has 1 saturated heterocycles. The molecule has 0 saturated carbocycles. The van der Waals surface area contributed by atoms with Gasteiger partial charge in [0.05, 0.1) is 0 Å². The van der Waals surface area contributed by atoms with E-state index in [1.54, 1.807) is 0 Å². The first-order valence-corrected chi connectivity index (χ1v) is 7.27. The Morgan fingerprint density at radius 2 is 1.83 bits per heavy atom. The number of nitrogens with two attached hydrogens (primary N) is 1. The molecule has 0 unspecified atom stereocenters. The third-order valence-corrected chi connectivity index (χ3v) is 4.12. The highest BCUT2D eigenvalue weighted by Crippen LogP contribution is 2.41. The average molecular weight is 246 g/mol. The summed E-state index contributed by atoms with van der Waals surface area (Å²) in [5, 5.41) is 0. The number of hydrogen-bond donors (Lipinski definition) is 1. The van der Waals surface area contributed by atoms with E-state index >= 15 is 0 Å². The summed E-state index contributed by atoms with van der Waals surface area (Å²) in [5.41, 5.74) is 8.87. The summed E-state index contributed by atoms with van der Waals surface area (Å²) in [6, 6.07) is 8.68. The van der Waals surface area contributed by atoms with Gasteiger partial charge in [-0.2, -0.15) is 0 Å². The normalized spacial score (nSPS) is 17.6. The summed E-state index contributed by atoms with van der Waals surface area (Å²) in [5.74, 6) is 0. The van der Waals surface area contributed by atoms with Crippen molar-refractivity contribution in [2.75, 3.05) is 18.0 Å². The molecule has 0 amide bonds. The number of rotatable bonds is 6. The molecular weight excluding hydrogens is 220 g/mol. The molecule has 0 aromatic heterocycles. The lowest BCUT2D eigenvalue weighted by molar-refractivity contribution is 0.173. The molecule has 2 heteroatoms. The van der Waals surface area contributed by atoms with Crippen molar-refractivity contribution in [1.82, 2.24) is 0 Å². The second kappa shape index (κ2) is 5.75. The van der Waals surface area contributed by atoms with Gasteiger partial charge in [0.25, 0.3) is 0 Å². The van der Waals surface area contributed by atoms with Gasteiger partial charge in [0.2, 0.25) is 0 Å². The van der Waals surface area contributed by atoms with Crippen LogP contribution < -0.4 is 10.6 Å². The van der Waals surface area contributed by atoms with E-state index in [1.165, 1.54) is 50.0 Å². The van der Waals surface area contributed by atoms with Crippen LogP contribution in [0.3, 0.4) is 0 Å². The second-order valence-electron chi connectivity index (χ2n) is 5.73. The SMILES string of the molecule is CCCC1(CCC)CN(c2cccc(CN)c2)C1. The van der Waals surface area contributed by atoms with Crippen LogP contribution in [-0.2, 0) is 6.54 Å². The van der Waals surface area contributed by atoms with E-state index in [2.05, 4.69) is 43.0 Å². The average Bonchev–Trinajstić information content (AvgIpc) is 2.35. The zero-order chi connectivity index (χ0) is 13.0. The van der Waals surface area contributed by atoms with Gasteiger partial charge >= 0.3 is 0 Å². The van der Waals surface area contributed by atoms with E-state index in [-0.39, 0.29) is 0 Å². The lowest BCUT2D eigenvalue weighted by Crippen LogP contribution is -2.56. The molecule has 1 heterocycles. The molecule has 0 spiro atoms. The quantitative estimate of drug-likeness (QED) is 0.831.